The number of nitrogens with one attached hydrogen (secondary N) is 1. The lowest BCUT2D eigenvalue weighted by Crippen LogP contribution is -2.18. The smallest absolute Gasteiger partial charge is 0.295 e. The summed E-state index contributed by atoms with van der Waals surface area (Å²) in [6.07, 6.45) is 5.38. The van der Waals surface area contributed by atoms with Crippen LogP contribution in [0.4, 0.5) is 11.4 Å². The number of nitro benzene ring substituents is 1. The number of nitro groups is 1. The average Bonchev–Trinajstić information content (AvgIpc) is 3.23. The van der Waals surface area contributed by atoms with Gasteiger partial charge < -0.3 is 5.32 Å². The van der Waals surface area contributed by atoms with E-state index in [4.69, 9.17) is 0 Å². The van der Waals surface area contributed by atoms with Gasteiger partial charge in [0.05, 0.1) is 4.92 Å². The van der Waals surface area contributed by atoms with Crippen molar-refractivity contribution in [1.82, 2.24) is 0 Å². The third-order valence-electron chi connectivity index (χ3n) is 4.40. The molecule has 0 saturated heterocycles. The van der Waals surface area contributed by atoms with E-state index in [1.165, 1.54) is 25.7 Å². The topological polar surface area (TPSA) is 55.2 Å². The molecule has 19 heavy (non-hydrogen) atoms. The van der Waals surface area contributed by atoms with Crippen LogP contribution in [0, 0.1) is 34.8 Å². The van der Waals surface area contributed by atoms with Crippen molar-refractivity contribution in [2.24, 2.45) is 17.8 Å². The second-order valence-electron chi connectivity index (χ2n) is 5.95. The Balaban J connectivity index is 1.72. The van der Waals surface area contributed by atoms with Gasteiger partial charge in [-0.15, -0.1) is 0 Å². The van der Waals surface area contributed by atoms with E-state index >= 15 is 0 Å². The molecule has 2 fully saturated rings. The lowest BCUT2D eigenvalue weighted by atomic mass is 9.98. The molecule has 4 heteroatoms. The Bertz CT molecular complexity index is 481. The lowest BCUT2D eigenvalue weighted by Gasteiger charge is -2.17. The molecular formula is C15H20N2O2. The van der Waals surface area contributed by atoms with Crippen molar-refractivity contribution < 1.29 is 4.92 Å². The molecule has 0 atom stereocenters. The zero-order valence-electron chi connectivity index (χ0n) is 11.3. The Labute approximate surface area is 113 Å². The Morgan fingerprint density at radius 1 is 1.32 bits per heavy atom. The lowest BCUT2D eigenvalue weighted by molar-refractivity contribution is -0.384. The molecule has 2 aliphatic carbocycles. The van der Waals surface area contributed by atoms with Crippen LogP contribution in [-0.2, 0) is 0 Å². The van der Waals surface area contributed by atoms with Crippen molar-refractivity contribution in [2.45, 2.75) is 32.6 Å². The van der Waals surface area contributed by atoms with Gasteiger partial charge >= 0.3 is 0 Å². The summed E-state index contributed by atoms with van der Waals surface area (Å²) in [5, 5.41) is 14.5. The molecule has 1 aromatic rings. The van der Waals surface area contributed by atoms with Crippen LogP contribution >= 0.6 is 0 Å². The Hall–Kier alpha value is -1.58. The van der Waals surface area contributed by atoms with Crippen LogP contribution in [0.5, 0.6) is 0 Å². The minimum Gasteiger partial charge on any atom is -0.379 e. The summed E-state index contributed by atoms with van der Waals surface area (Å²) in [4.78, 5) is 10.9. The van der Waals surface area contributed by atoms with Gasteiger partial charge in [0, 0.05) is 12.1 Å². The second-order valence-corrected chi connectivity index (χ2v) is 5.95. The van der Waals surface area contributed by atoms with Gasteiger partial charge in [0.15, 0.2) is 0 Å². The average molecular weight is 260 g/mol. The standard InChI is InChI=1S/C15H20N2O2/c1-10-3-2-4-14(15(10)17(18)19)16-9-13(11-5-6-11)12-7-8-12/h2-4,11-13,16H,5-9H2,1H3. The quantitative estimate of drug-likeness (QED) is 0.626. The van der Waals surface area contributed by atoms with Gasteiger partial charge in [0.1, 0.15) is 5.69 Å². The molecule has 0 aromatic heterocycles. The highest BCUT2D eigenvalue weighted by molar-refractivity contribution is 5.65. The molecule has 1 N–H and O–H groups in total. The second kappa shape index (κ2) is 4.83. The molecule has 3 rings (SSSR count). The van der Waals surface area contributed by atoms with E-state index in [9.17, 15) is 10.1 Å². The van der Waals surface area contributed by atoms with E-state index in [0.29, 0.717) is 5.69 Å². The molecule has 4 nitrogen and oxygen atoms in total. The number of hydrogen-bond donors (Lipinski definition) is 1. The first kappa shape index (κ1) is 12.5. The number of aryl methyl sites for hydroxylation is 1. The van der Waals surface area contributed by atoms with E-state index < -0.39 is 0 Å². The normalized spacial score (nSPS) is 18.6. The predicted octanol–water partition coefficient (Wildman–Crippen LogP) is 3.75. The van der Waals surface area contributed by atoms with Crippen LogP contribution in [0.2, 0.25) is 0 Å². The largest absolute Gasteiger partial charge is 0.379 e. The zero-order valence-corrected chi connectivity index (χ0v) is 11.3. The summed E-state index contributed by atoms with van der Waals surface area (Å²) in [5.41, 5.74) is 1.63. The third-order valence-corrected chi connectivity index (χ3v) is 4.40. The Morgan fingerprint density at radius 3 is 2.47 bits per heavy atom. The van der Waals surface area contributed by atoms with Gasteiger partial charge in [0.25, 0.3) is 5.69 Å². The molecule has 0 unspecified atom stereocenters. The van der Waals surface area contributed by atoms with Crippen molar-refractivity contribution in [2.75, 3.05) is 11.9 Å². The van der Waals surface area contributed by atoms with Gasteiger partial charge in [-0.3, -0.25) is 10.1 Å². The van der Waals surface area contributed by atoms with E-state index in [-0.39, 0.29) is 10.6 Å². The maximum absolute atomic E-state index is 11.1. The van der Waals surface area contributed by atoms with Crippen LogP contribution < -0.4 is 5.32 Å². The molecule has 0 amide bonds. The maximum atomic E-state index is 11.1. The zero-order chi connectivity index (χ0) is 13.4. The Kier molecular flexibility index (Phi) is 3.17. The van der Waals surface area contributed by atoms with E-state index in [1.54, 1.807) is 13.0 Å². The molecule has 0 radical (unpaired) electrons. The summed E-state index contributed by atoms with van der Waals surface area (Å²) in [7, 11) is 0. The van der Waals surface area contributed by atoms with Crippen LogP contribution in [0.1, 0.15) is 31.2 Å². The van der Waals surface area contributed by atoms with Gasteiger partial charge in [0.2, 0.25) is 0 Å². The first-order valence-electron chi connectivity index (χ1n) is 7.14. The van der Waals surface area contributed by atoms with Crippen molar-refractivity contribution in [1.29, 1.82) is 0 Å². The summed E-state index contributed by atoms with van der Waals surface area (Å²) < 4.78 is 0. The van der Waals surface area contributed by atoms with E-state index in [2.05, 4.69) is 5.32 Å². The highest BCUT2D eigenvalue weighted by Crippen LogP contribution is 2.49. The number of nitrogens with zero attached hydrogens (tertiary/aromatic N) is 1. The fraction of sp³-hybridized carbons (Fsp3) is 0.600. The molecule has 0 heterocycles. The monoisotopic (exact) mass is 260 g/mol. The number of hydrogen-bond acceptors (Lipinski definition) is 3. The molecule has 0 bridgehead atoms. The highest BCUT2D eigenvalue weighted by atomic mass is 16.6. The number of anilines is 1. The fourth-order valence-electron chi connectivity index (χ4n) is 3.04. The van der Waals surface area contributed by atoms with Crippen LogP contribution in [0.25, 0.3) is 0 Å². The van der Waals surface area contributed by atoms with Gasteiger partial charge in [-0.05, 0) is 56.4 Å². The van der Waals surface area contributed by atoms with Crippen LogP contribution in [0.15, 0.2) is 18.2 Å². The molecule has 1 aromatic carbocycles. The molecule has 2 saturated carbocycles. The predicted molar refractivity (Wildman–Crippen MR) is 75.3 cm³/mol. The number of para-hydroxylation sites is 1. The third kappa shape index (κ3) is 2.72. The molecule has 0 aliphatic heterocycles. The molecule has 102 valence electrons. The summed E-state index contributed by atoms with van der Waals surface area (Å²) in [5.74, 6) is 2.45. The SMILES string of the molecule is Cc1cccc(NCC(C2CC2)C2CC2)c1[N+](=O)[O-]. The van der Waals surface area contributed by atoms with Crippen molar-refractivity contribution in [3.8, 4) is 0 Å². The van der Waals surface area contributed by atoms with Gasteiger partial charge in [-0.25, -0.2) is 0 Å². The van der Waals surface area contributed by atoms with Crippen LogP contribution in [-0.4, -0.2) is 11.5 Å². The Morgan fingerprint density at radius 2 is 1.95 bits per heavy atom. The molecule has 0 spiro atoms. The summed E-state index contributed by atoms with van der Waals surface area (Å²) >= 11 is 0. The maximum Gasteiger partial charge on any atom is 0.295 e. The number of benzene rings is 1. The van der Waals surface area contributed by atoms with Crippen molar-refractivity contribution in [3.63, 3.8) is 0 Å². The van der Waals surface area contributed by atoms with Crippen molar-refractivity contribution in [3.05, 3.63) is 33.9 Å². The van der Waals surface area contributed by atoms with E-state index in [0.717, 1.165) is 29.9 Å². The minimum atomic E-state index is -0.277. The van der Waals surface area contributed by atoms with Gasteiger partial charge in [-0.2, -0.15) is 0 Å². The first-order valence-corrected chi connectivity index (χ1v) is 7.14. The fourth-order valence-corrected chi connectivity index (χ4v) is 3.04. The van der Waals surface area contributed by atoms with Gasteiger partial charge in [-0.1, -0.05) is 12.1 Å². The number of rotatable bonds is 6. The highest BCUT2D eigenvalue weighted by Gasteiger charge is 2.41. The van der Waals surface area contributed by atoms with E-state index in [1.807, 2.05) is 12.1 Å². The summed E-state index contributed by atoms with van der Waals surface area (Å²) in [6, 6.07) is 5.50. The molecule has 2 aliphatic rings. The van der Waals surface area contributed by atoms with Crippen molar-refractivity contribution >= 4 is 11.4 Å². The van der Waals surface area contributed by atoms with Crippen LogP contribution in [0.3, 0.4) is 0 Å². The minimum absolute atomic E-state index is 0.229. The molecular weight excluding hydrogens is 240 g/mol. The summed E-state index contributed by atoms with van der Waals surface area (Å²) in [6.45, 7) is 2.68. The first-order chi connectivity index (χ1) is 9.16.